The Kier molecular flexibility index (Phi) is 7.86. The Morgan fingerprint density at radius 1 is 1.02 bits per heavy atom. The van der Waals surface area contributed by atoms with E-state index in [-0.39, 0.29) is 25.0 Å². The number of amides is 2. The van der Waals surface area contributed by atoms with Gasteiger partial charge in [0, 0.05) is 48.9 Å². The highest BCUT2D eigenvalue weighted by Gasteiger charge is 2.65. The standard InChI is InChI=1S/C36H39N5O6/c1-23-33(35(2,3)45)31(15-17-39-21-25(16-18-42)37-38-39)47-36(23)27-19-26(41-29-11-7-8-12-30(29)46-22-32(41)43)13-14-28(27)40(34(36)44)20-24-9-5-4-6-10-24/h4-14,19,21,23,31,33,42,45H,15-18,20,22H2,1-3H3/t23-,31+,33-,36+/m1/s1. The number of hydrogen-bond donors (Lipinski definition) is 2. The van der Waals surface area contributed by atoms with Crippen LogP contribution in [0.25, 0.3) is 0 Å². The van der Waals surface area contributed by atoms with E-state index in [4.69, 9.17) is 9.47 Å². The Hall–Kier alpha value is -4.58. The van der Waals surface area contributed by atoms with Crippen LogP contribution in [0.4, 0.5) is 17.1 Å². The fourth-order valence-corrected chi connectivity index (χ4v) is 7.72. The molecule has 3 aromatic carbocycles. The van der Waals surface area contributed by atoms with E-state index in [0.29, 0.717) is 60.0 Å². The number of fused-ring (bicyclic) bond motifs is 3. The molecule has 1 aromatic heterocycles. The first kappa shape index (κ1) is 31.0. The average Bonchev–Trinajstić information content (AvgIpc) is 3.70. The van der Waals surface area contributed by atoms with E-state index >= 15 is 0 Å². The first-order valence-electron chi connectivity index (χ1n) is 16.1. The molecule has 2 N–H and O–H groups in total. The molecule has 0 unspecified atom stereocenters. The van der Waals surface area contributed by atoms with E-state index in [9.17, 15) is 19.8 Å². The van der Waals surface area contributed by atoms with E-state index in [1.165, 1.54) is 0 Å². The van der Waals surface area contributed by atoms with Gasteiger partial charge in [0.2, 0.25) is 0 Å². The van der Waals surface area contributed by atoms with Crippen molar-refractivity contribution in [2.75, 3.05) is 23.0 Å². The van der Waals surface area contributed by atoms with Gasteiger partial charge >= 0.3 is 0 Å². The van der Waals surface area contributed by atoms with Gasteiger partial charge in [0.15, 0.2) is 12.2 Å². The second kappa shape index (κ2) is 11.9. The topological polar surface area (TPSA) is 130 Å². The van der Waals surface area contributed by atoms with Crippen molar-refractivity contribution < 1.29 is 29.3 Å². The Morgan fingerprint density at radius 3 is 2.55 bits per heavy atom. The summed E-state index contributed by atoms with van der Waals surface area (Å²) in [7, 11) is 0. The molecule has 4 aromatic rings. The first-order valence-corrected chi connectivity index (χ1v) is 16.1. The molecule has 1 fully saturated rings. The van der Waals surface area contributed by atoms with Crippen molar-refractivity contribution in [2.45, 2.75) is 64.0 Å². The molecular formula is C36H39N5O6. The Balaban J connectivity index is 1.32. The molecule has 0 bridgehead atoms. The lowest BCUT2D eigenvalue weighted by molar-refractivity contribution is -0.146. The molecule has 0 aliphatic carbocycles. The Bertz CT molecular complexity index is 1800. The first-order chi connectivity index (χ1) is 22.6. The number of carbonyl (C=O) groups is 2. The van der Waals surface area contributed by atoms with E-state index in [1.807, 2.05) is 79.7 Å². The summed E-state index contributed by atoms with van der Waals surface area (Å²) >= 11 is 0. The van der Waals surface area contributed by atoms with Crippen LogP contribution in [0.5, 0.6) is 5.75 Å². The van der Waals surface area contributed by atoms with Crippen molar-refractivity contribution >= 4 is 28.9 Å². The monoisotopic (exact) mass is 637 g/mol. The molecule has 11 heteroatoms. The van der Waals surface area contributed by atoms with Crippen LogP contribution in [0.1, 0.15) is 44.0 Å². The van der Waals surface area contributed by atoms with Crippen LogP contribution in [-0.2, 0) is 39.4 Å². The van der Waals surface area contributed by atoms with Crippen molar-refractivity contribution in [3.63, 3.8) is 0 Å². The Labute approximate surface area is 273 Å². The molecule has 1 saturated heterocycles. The van der Waals surface area contributed by atoms with Crippen molar-refractivity contribution in [2.24, 2.45) is 11.8 Å². The maximum atomic E-state index is 14.9. The zero-order valence-electron chi connectivity index (χ0n) is 26.7. The number of aromatic nitrogens is 3. The maximum absolute atomic E-state index is 14.9. The summed E-state index contributed by atoms with van der Waals surface area (Å²) in [4.78, 5) is 31.6. The average molecular weight is 638 g/mol. The molecule has 1 spiro atoms. The number of nitrogens with zero attached hydrogens (tertiary/aromatic N) is 5. The van der Waals surface area contributed by atoms with Crippen LogP contribution in [-0.4, -0.2) is 61.9 Å². The highest BCUT2D eigenvalue weighted by molar-refractivity contribution is 6.09. The summed E-state index contributed by atoms with van der Waals surface area (Å²) in [5, 5.41) is 29.2. The second-order valence-electron chi connectivity index (χ2n) is 13.2. The molecule has 4 heterocycles. The third-order valence-electron chi connectivity index (χ3n) is 9.71. The fourth-order valence-electron chi connectivity index (χ4n) is 7.72. The van der Waals surface area contributed by atoms with Crippen LogP contribution >= 0.6 is 0 Å². The summed E-state index contributed by atoms with van der Waals surface area (Å²) in [6.07, 6.45) is 2.18. The van der Waals surface area contributed by atoms with E-state index in [0.717, 1.165) is 5.56 Å². The predicted molar refractivity (Wildman–Crippen MR) is 174 cm³/mol. The van der Waals surface area contributed by atoms with Crippen LogP contribution in [0, 0.1) is 11.8 Å². The van der Waals surface area contributed by atoms with Gasteiger partial charge in [-0.1, -0.05) is 54.6 Å². The van der Waals surface area contributed by atoms with Gasteiger partial charge in [0.05, 0.1) is 35.3 Å². The zero-order valence-corrected chi connectivity index (χ0v) is 26.7. The summed E-state index contributed by atoms with van der Waals surface area (Å²) in [6, 6.07) is 22.9. The van der Waals surface area contributed by atoms with Crippen molar-refractivity contribution in [1.29, 1.82) is 0 Å². The summed E-state index contributed by atoms with van der Waals surface area (Å²) < 4.78 is 14.4. The molecule has 4 atom stereocenters. The zero-order chi connectivity index (χ0) is 32.9. The number of anilines is 3. The van der Waals surface area contributed by atoms with Crippen molar-refractivity contribution in [3.8, 4) is 5.75 Å². The molecule has 244 valence electrons. The van der Waals surface area contributed by atoms with Crippen molar-refractivity contribution in [3.05, 3.63) is 95.8 Å². The maximum Gasteiger partial charge on any atom is 0.269 e. The summed E-state index contributed by atoms with van der Waals surface area (Å²) in [6.45, 7) is 6.18. The van der Waals surface area contributed by atoms with E-state index in [2.05, 4.69) is 10.3 Å². The lowest BCUT2D eigenvalue weighted by Crippen LogP contribution is -2.46. The van der Waals surface area contributed by atoms with E-state index in [1.54, 1.807) is 34.5 Å². The van der Waals surface area contributed by atoms with Crippen LogP contribution in [0.3, 0.4) is 0 Å². The minimum Gasteiger partial charge on any atom is -0.482 e. The van der Waals surface area contributed by atoms with Gasteiger partial charge in [-0.3, -0.25) is 19.2 Å². The molecule has 0 radical (unpaired) electrons. The van der Waals surface area contributed by atoms with Crippen LogP contribution in [0.15, 0.2) is 79.0 Å². The minimum absolute atomic E-state index is 0.0180. The highest BCUT2D eigenvalue weighted by atomic mass is 16.5. The van der Waals surface area contributed by atoms with Gasteiger partial charge in [-0.25, -0.2) is 0 Å². The number of rotatable bonds is 9. The van der Waals surface area contributed by atoms with Crippen LogP contribution < -0.4 is 14.5 Å². The second-order valence-corrected chi connectivity index (χ2v) is 13.2. The molecule has 3 aliphatic heterocycles. The fraction of sp³-hybridized carbons (Fsp3) is 0.389. The van der Waals surface area contributed by atoms with Gasteiger partial charge in [0.1, 0.15) is 5.75 Å². The lowest BCUT2D eigenvalue weighted by Gasteiger charge is -2.34. The van der Waals surface area contributed by atoms with E-state index < -0.39 is 29.1 Å². The largest absolute Gasteiger partial charge is 0.482 e. The SMILES string of the molecule is C[C@@H]1[C@@H](C(C)(C)O)[C@H](CCn2cc(CCO)nn2)O[C@@]12C(=O)N(Cc1ccccc1)c1ccc(N3C(=O)COc4ccccc43)cc12. The third kappa shape index (κ3) is 5.28. The molecule has 7 rings (SSSR count). The normalized spacial score (nSPS) is 23.7. The smallest absolute Gasteiger partial charge is 0.269 e. The molecule has 47 heavy (non-hydrogen) atoms. The molecular weight excluding hydrogens is 598 g/mol. The van der Waals surface area contributed by atoms with Crippen LogP contribution in [0.2, 0.25) is 0 Å². The number of aliphatic hydroxyl groups is 2. The van der Waals surface area contributed by atoms with Gasteiger partial charge in [0.25, 0.3) is 11.8 Å². The van der Waals surface area contributed by atoms with Gasteiger partial charge in [-0.2, -0.15) is 0 Å². The number of para-hydroxylation sites is 2. The molecule has 3 aliphatic rings. The molecule has 0 saturated carbocycles. The summed E-state index contributed by atoms with van der Waals surface area (Å²) in [5.41, 5.74) is 1.69. The number of benzene rings is 3. The lowest BCUT2D eigenvalue weighted by atomic mass is 9.70. The number of hydrogen-bond acceptors (Lipinski definition) is 8. The predicted octanol–water partition coefficient (Wildman–Crippen LogP) is 4.12. The van der Waals surface area contributed by atoms with Gasteiger partial charge < -0.3 is 24.6 Å². The minimum atomic E-state index is -1.41. The van der Waals surface area contributed by atoms with Gasteiger partial charge in [-0.15, -0.1) is 5.10 Å². The highest BCUT2D eigenvalue weighted by Crippen LogP contribution is 2.59. The summed E-state index contributed by atoms with van der Waals surface area (Å²) in [5.74, 6) is -0.650. The Morgan fingerprint density at radius 2 is 1.79 bits per heavy atom. The quantitative estimate of drug-likeness (QED) is 0.280. The number of carbonyl (C=O) groups excluding carboxylic acids is 2. The van der Waals surface area contributed by atoms with Gasteiger partial charge in [-0.05, 0) is 56.2 Å². The molecule has 11 nitrogen and oxygen atoms in total. The van der Waals surface area contributed by atoms with Crippen molar-refractivity contribution in [1.82, 2.24) is 15.0 Å². The molecule has 2 amide bonds. The number of aliphatic hydroxyl groups excluding tert-OH is 1. The third-order valence-corrected chi connectivity index (χ3v) is 9.71. The number of ether oxygens (including phenoxy) is 2. The number of aryl methyl sites for hydroxylation is 1.